The fraction of sp³-hybridized carbons (Fsp3) is 0.444. The van der Waals surface area contributed by atoms with Gasteiger partial charge in [-0.05, 0) is 34.0 Å². The van der Waals surface area contributed by atoms with Crippen molar-refractivity contribution in [2.75, 3.05) is 0 Å². The first-order valence-electron chi connectivity index (χ1n) is 4.92. The zero-order chi connectivity index (χ0) is 11.5. The highest BCUT2D eigenvalue weighted by Crippen LogP contribution is 2.23. The van der Waals surface area contributed by atoms with Crippen molar-refractivity contribution in [3.8, 4) is 0 Å². The monoisotopic (exact) mass is 238 g/mol. The van der Waals surface area contributed by atoms with Crippen molar-refractivity contribution in [3.63, 3.8) is 0 Å². The lowest BCUT2D eigenvalue weighted by Gasteiger charge is -2.13. The van der Waals surface area contributed by atoms with Crippen molar-refractivity contribution in [2.24, 2.45) is 12.9 Å². The van der Waals surface area contributed by atoms with Crippen LogP contribution >= 0.6 is 11.3 Å². The molecule has 1 unspecified atom stereocenters. The van der Waals surface area contributed by atoms with E-state index in [0.717, 1.165) is 0 Å². The molecule has 0 saturated carbocycles. The van der Waals surface area contributed by atoms with Gasteiger partial charge in [0.1, 0.15) is 0 Å². The van der Waals surface area contributed by atoms with E-state index >= 15 is 0 Å². The Balaban J connectivity index is 2.15. The van der Waals surface area contributed by atoms with E-state index in [9.17, 15) is 0 Å². The number of aryl methyl sites for hydroxylation is 2. The van der Waals surface area contributed by atoms with Gasteiger partial charge >= 0.3 is 0 Å². The molecule has 0 aromatic carbocycles. The summed E-state index contributed by atoms with van der Waals surface area (Å²) < 4.78 is 0. The normalized spacial score (nSPS) is 12.9. The van der Waals surface area contributed by atoms with Crippen molar-refractivity contribution in [1.29, 1.82) is 0 Å². The van der Waals surface area contributed by atoms with E-state index < -0.39 is 0 Å². The van der Waals surface area contributed by atoms with E-state index in [-0.39, 0.29) is 6.04 Å². The molecule has 0 saturated heterocycles. The first-order chi connectivity index (χ1) is 7.70. The van der Waals surface area contributed by atoms with Crippen molar-refractivity contribution in [1.82, 2.24) is 25.6 Å². The Morgan fingerprint density at radius 2 is 2.38 bits per heavy atom. The lowest BCUT2D eigenvalue weighted by Crippen LogP contribution is -2.30. The molecule has 0 spiro atoms. The molecule has 2 aromatic heterocycles. The van der Waals surface area contributed by atoms with Gasteiger partial charge in [-0.25, -0.2) is 0 Å². The number of hydrogen-bond acceptors (Lipinski definition) is 6. The molecule has 6 nitrogen and oxygen atoms in total. The third-order valence-electron chi connectivity index (χ3n) is 2.41. The molecular formula is C9H14N6S. The summed E-state index contributed by atoms with van der Waals surface area (Å²) >= 11 is 1.67. The summed E-state index contributed by atoms with van der Waals surface area (Å²) in [4.78, 5) is 1.45. The number of nitrogens with one attached hydrogen (secondary N) is 1. The number of nitrogens with two attached hydrogens (primary N) is 1. The Hall–Kier alpha value is -1.31. The second kappa shape index (κ2) is 4.69. The number of rotatable bonds is 4. The van der Waals surface area contributed by atoms with Crippen LogP contribution < -0.4 is 11.3 Å². The van der Waals surface area contributed by atoms with Crippen LogP contribution in [0.4, 0.5) is 0 Å². The quantitative estimate of drug-likeness (QED) is 0.592. The van der Waals surface area contributed by atoms with Gasteiger partial charge in [0, 0.05) is 6.42 Å². The van der Waals surface area contributed by atoms with Crippen LogP contribution in [0.5, 0.6) is 0 Å². The standard InChI is InChI=1S/C9H14N6S/c1-6-4-16-5-7(6)8(11-10)3-9-12-14-15(2)13-9/h4-5,8,11H,3,10H2,1-2H3. The van der Waals surface area contributed by atoms with E-state index in [1.807, 2.05) is 0 Å². The predicted molar refractivity (Wildman–Crippen MR) is 61.6 cm³/mol. The molecule has 0 aliphatic heterocycles. The van der Waals surface area contributed by atoms with E-state index in [2.05, 4.69) is 38.5 Å². The van der Waals surface area contributed by atoms with Crippen molar-refractivity contribution in [3.05, 3.63) is 27.7 Å². The van der Waals surface area contributed by atoms with Gasteiger partial charge in [0.25, 0.3) is 0 Å². The second-order valence-corrected chi connectivity index (χ2v) is 4.37. The van der Waals surface area contributed by atoms with Gasteiger partial charge in [0.05, 0.1) is 13.1 Å². The van der Waals surface area contributed by atoms with E-state index in [1.54, 1.807) is 18.4 Å². The molecule has 7 heteroatoms. The third kappa shape index (κ3) is 2.26. The summed E-state index contributed by atoms with van der Waals surface area (Å²) in [5.41, 5.74) is 5.22. The summed E-state index contributed by atoms with van der Waals surface area (Å²) in [5.74, 6) is 6.25. The first kappa shape index (κ1) is 11.2. The molecule has 0 bridgehead atoms. The second-order valence-electron chi connectivity index (χ2n) is 3.63. The fourth-order valence-electron chi connectivity index (χ4n) is 1.57. The summed E-state index contributed by atoms with van der Waals surface area (Å²) in [7, 11) is 1.75. The summed E-state index contributed by atoms with van der Waals surface area (Å²) in [5, 5.41) is 16.1. The third-order valence-corrected chi connectivity index (χ3v) is 3.29. The van der Waals surface area contributed by atoms with Crippen molar-refractivity contribution in [2.45, 2.75) is 19.4 Å². The molecule has 0 radical (unpaired) electrons. The highest BCUT2D eigenvalue weighted by atomic mass is 32.1. The van der Waals surface area contributed by atoms with Crippen molar-refractivity contribution < 1.29 is 0 Å². The predicted octanol–water partition coefficient (Wildman–Crippen LogP) is 0.327. The van der Waals surface area contributed by atoms with Crippen LogP contribution in [0.25, 0.3) is 0 Å². The average molecular weight is 238 g/mol. The van der Waals surface area contributed by atoms with Gasteiger partial charge in [-0.2, -0.15) is 16.1 Å². The Labute approximate surface area is 97.4 Å². The number of hydrazine groups is 1. The number of nitrogens with zero attached hydrogens (tertiary/aromatic N) is 4. The fourth-order valence-corrected chi connectivity index (χ4v) is 2.48. The van der Waals surface area contributed by atoms with E-state index in [0.29, 0.717) is 12.2 Å². The molecule has 2 aromatic rings. The molecule has 2 heterocycles. The van der Waals surface area contributed by atoms with Gasteiger partial charge in [-0.15, -0.1) is 10.2 Å². The topological polar surface area (TPSA) is 81.7 Å². The lowest BCUT2D eigenvalue weighted by atomic mass is 10.0. The molecule has 0 aliphatic rings. The molecule has 16 heavy (non-hydrogen) atoms. The lowest BCUT2D eigenvalue weighted by molar-refractivity contribution is 0.535. The SMILES string of the molecule is Cc1cscc1C(Cc1nnn(C)n1)NN. The molecular weight excluding hydrogens is 224 g/mol. The Bertz CT molecular complexity index is 462. The molecule has 0 aliphatic carbocycles. The zero-order valence-electron chi connectivity index (χ0n) is 9.21. The van der Waals surface area contributed by atoms with Gasteiger partial charge < -0.3 is 0 Å². The van der Waals surface area contributed by atoms with E-state index in [4.69, 9.17) is 5.84 Å². The van der Waals surface area contributed by atoms with Crippen molar-refractivity contribution >= 4 is 11.3 Å². The number of thiophene rings is 1. The first-order valence-corrected chi connectivity index (χ1v) is 5.86. The number of aromatic nitrogens is 4. The minimum atomic E-state index is 0.0375. The maximum absolute atomic E-state index is 5.56. The molecule has 86 valence electrons. The van der Waals surface area contributed by atoms with Gasteiger partial charge in [0.15, 0.2) is 5.82 Å². The van der Waals surface area contributed by atoms with Crippen LogP contribution in [0.1, 0.15) is 23.0 Å². The van der Waals surface area contributed by atoms with Crippen LogP contribution in [0.15, 0.2) is 10.8 Å². The number of hydrogen-bond donors (Lipinski definition) is 2. The minimum absolute atomic E-state index is 0.0375. The Morgan fingerprint density at radius 1 is 1.56 bits per heavy atom. The molecule has 3 N–H and O–H groups in total. The highest BCUT2D eigenvalue weighted by molar-refractivity contribution is 7.08. The van der Waals surface area contributed by atoms with Crippen LogP contribution in [-0.4, -0.2) is 20.2 Å². The summed E-state index contributed by atoms with van der Waals surface area (Å²) in [6.45, 7) is 2.07. The summed E-state index contributed by atoms with van der Waals surface area (Å²) in [6.07, 6.45) is 0.641. The largest absolute Gasteiger partial charge is 0.271 e. The van der Waals surface area contributed by atoms with E-state index in [1.165, 1.54) is 15.9 Å². The number of tetrazole rings is 1. The minimum Gasteiger partial charge on any atom is -0.271 e. The van der Waals surface area contributed by atoms with Crippen LogP contribution in [0.3, 0.4) is 0 Å². The Kier molecular flexibility index (Phi) is 3.28. The summed E-state index contributed by atoms with van der Waals surface area (Å²) in [6, 6.07) is 0.0375. The highest BCUT2D eigenvalue weighted by Gasteiger charge is 2.16. The maximum atomic E-state index is 5.56. The maximum Gasteiger partial charge on any atom is 0.176 e. The average Bonchev–Trinajstić information content (AvgIpc) is 2.84. The van der Waals surface area contributed by atoms with Gasteiger partial charge in [0.2, 0.25) is 0 Å². The molecule has 2 rings (SSSR count). The van der Waals surface area contributed by atoms with Crippen LogP contribution in [0.2, 0.25) is 0 Å². The molecule has 0 fully saturated rings. The van der Waals surface area contributed by atoms with Crippen LogP contribution in [-0.2, 0) is 13.5 Å². The van der Waals surface area contributed by atoms with Gasteiger partial charge in [-0.3, -0.25) is 11.3 Å². The Morgan fingerprint density at radius 3 is 2.88 bits per heavy atom. The van der Waals surface area contributed by atoms with Crippen LogP contribution in [0, 0.1) is 6.92 Å². The zero-order valence-corrected chi connectivity index (χ0v) is 10.0. The molecule has 1 atom stereocenters. The molecule has 0 amide bonds. The van der Waals surface area contributed by atoms with Gasteiger partial charge in [-0.1, -0.05) is 0 Å². The smallest absolute Gasteiger partial charge is 0.176 e.